The molecule has 2 aliphatic rings. The predicted octanol–water partition coefficient (Wildman–Crippen LogP) is 4.06. The Morgan fingerprint density at radius 1 is 1.10 bits per heavy atom. The van der Waals surface area contributed by atoms with E-state index in [1.807, 2.05) is 35.4 Å². The molecule has 3 aromatic rings. The Hall–Kier alpha value is -2.63. The summed E-state index contributed by atoms with van der Waals surface area (Å²) in [5.41, 5.74) is 3.87. The lowest BCUT2D eigenvalue weighted by Gasteiger charge is -2.53. The number of aromatic nitrogens is 2. The topological polar surface area (TPSA) is 44.5 Å². The van der Waals surface area contributed by atoms with Crippen molar-refractivity contribution in [3.8, 4) is 11.4 Å². The van der Waals surface area contributed by atoms with E-state index >= 15 is 0 Å². The summed E-state index contributed by atoms with van der Waals surface area (Å²) >= 11 is 0. The Morgan fingerprint density at radius 3 is 2.68 bits per heavy atom. The van der Waals surface area contributed by atoms with Crippen molar-refractivity contribution in [1.82, 2.24) is 19.4 Å². The van der Waals surface area contributed by atoms with E-state index < -0.39 is 0 Å². The number of nitrogens with zero attached hydrogens (tertiary/aromatic N) is 4. The van der Waals surface area contributed by atoms with Gasteiger partial charge >= 0.3 is 0 Å². The van der Waals surface area contributed by atoms with Crippen molar-refractivity contribution in [2.24, 2.45) is 5.92 Å². The van der Waals surface area contributed by atoms with Crippen LogP contribution in [0, 0.1) is 5.92 Å². The van der Waals surface area contributed by atoms with Gasteiger partial charge < -0.3 is 9.67 Å². The van der Waals surface area contributed by atoms with Crippen LogP contribution in [-0.4, -0.2) is 56.7 Å². The van der Waals surface area contributed by atoms with Crippen LogP contribution >= 0.6 is 0 Å². The summed E-state index contributed by atoms with van der Waals surface area (Å²) < 4.78 is 2.04. The first-order valence-corrected chi connectivity index (χ1v) is 11.3. The van der Waals surface area contributed by atoms with Gasteiger partial charge in [-0.2, -0.15) is 0 Å². The minimum absolute atomic E-state index is 0.0926. The average Bonchev–Trinajstić information content (AvgIpc) is 3.30. The van der Waals surface area contributed by atoms with E-state index in [0.717, 1.165) is 44.8 Å². The molecule has 1 aromatic heterocycles. The average molecular weight is 417 g/mol. The van der Waals surface area contributed by atoms with Crippen LogP contribution in [0.2, 0.25) is 0 Å². The smallest absolute Gasteiger partial charge is 0.115 e. The molecular formula is C26H32N4O. The van der Waals surface area contributed by atoms with Gasteiger partial charge in [0.25, 0.3) is 0 Å². The van der Waals surface area contributed by atoms with Crippen molar-refractivity contribution in [3.05, 3.63) is 78.4 Å². The highest BCUT2D eigenvalue weighted by atomic mass is 16.3. The summed E-state index contributed by atoms with van der Waals surface area (Å²) in [5.74, 6) is 0.936. The van der Waals surface area contributed by atoms with Crippen LogP contribution in [0.3, 0.4) is 0 Å². The number of rotatable bonds is 4. The molecule has 3 heterocycles. The first kappa shape index (κ1) is 20.3. The lowest BCUT2D eigenvalue weighted by Crippen LogP contribution is -2.60. The van der Waals surface area contributed by atoms with Gasteiger partial charge in [-0.05, 0) is 53.1 Å². The molecule has 162 valence electrons. The van der Waals surface area contributed by atoms with E-state index in [4.69, 9.17) is 0 Å². The number of imidazole rings is 1. The van der Waals surface area contributed by atoms with Crippen molar-refractivity contribution < 1.29 is 5.11 Å². The van der Waals surface area contributed by atoms with Crippen molar-refractivity contribution in [2.75, 3.05) is 26.2 Å². The molecule has 5 nitrogen and oxygen atoms in total. The van der Waals surface area contributed by atoms with Crippen molar-refractivity contribution in [2.45, 2.75) is 38.3 Å². The molecule has 0 bridgehead atoms. The van der Waals surface area contributed by atoms with Gasteiger partial charge in [0.1, 0.15) is 5.75 Å². The Bertz CT molecular complexity index is 1020. The number of phenolic OH excluding ortho intramolecular Hbond substituents is 1. The first-order valence-electron chi connectivity index (χ1n) is 11.3. The molecule has 0 spiro atoms. The highest BCUT2D eigenvalue weighted by molar-refractivity contribution is 5.35. The van der Waals surface area contributed by atoms with Crippen LogP contribution in [0.1, 0.15) is 31.4 Å². The molecule has 3 atom stereocenters. The molecule has 5 rings (SSSR count). The molecule has 2 aromatic carbocycles. The number of hydrogen-bond donors (Lipinski definition) is 1. The molecule has 1 unspecified atom stereocenters. The molecular weight excluding hydrogens is 384 g/mol. The summed E-state index contributed by atoms with van der Waals surface area (Å²) in [4.78, 5) is 9.42. The zero-order valence-electron chi connectivity index (χ0n) is 18.5. The van der Waals surface area contributed by atoms with Gasteiger partial charge in [-0.15, -0.1) is 0 Å². The molecule has 5 heteroatoms. The van der Waals surface area contributed by atoms with Gasteiger partial charge in [0.2, 0.25) is 0 Å². The Kier molecular flexibility index (Phi) is 5.32. The third-order valence-electron chi connectivity index (χ3n) is 7.60. The van der Waals surface area contributed by atoms with Gasteiger partial charge in [0.05, 0.1) is 6.33 Å². The van der Waals surface area contributed by atoms with Crippen LogP contribution in [0.25, 0.3) is 5.69 Å². The number of aromatic hydroxyl groups is 1. The standard InChI is InChI=1S/C26H32N4O/c1-20-16-29-13-12-28(17-21-6-8-23(9-7-21)30-11-10-27-19-30)18-24(29)15-26(20,2)22-4-3-5-25(31)14-22/h3-11,14,19-20,24,31H,12-13,15-18H2,1-2H3/t20-,24?,26+/m0/s1. The van der Waals surface area contributed by atoms with Crippen LogP contribution in [-0.2, 0) is 12.0 Å². The van der Waals surface area contributed by atoms with E-state index in [0.29, 0.717) is 17.7 Å². The van der Waals surface area contributed by atoms with E-state index in [-0.39, 0.29) is 5.41 Å². The molecule has 2 aliphatic heterocycles. The number of phenols is 1. The van der Waals surface area contributed by atoms with Gasteiger partial charge in [-0.1, -0.05) is 38.1 Å². The minimum atomic E-state index is 0.0926. The normalized spacial score (nSPS) is 27.2. The van der Waals surface area contributed by atoms with Crippen molar-refractivity contribution in [3.63, 3.8) is 0 Å². The molecule has 1 N–H and O–H groups in total. The summed E-state index contributed by atoms with van der Waals surface area (Å²) in [7, 11) is 0. The number of hydrogen-bond acceptors (Lipinski definition) is 4. The van der Waals surface area contributed by atoms with Gasteiger partial charge in [-0.3, -0.25) is 9.80 Å². The maximum Gasteiger partial charge on any atom is 0.115 e. The minimum Gasteiger partial charge on any atom is -0.508 e. The molecule has 0 amide bonds. The number of piperidine rings is 1. The fraction of sp³-hybridized carbons (Fsp3) is 0.423. The largest absolute Gasteiger partial charge is 0.508 e. The summed E-state index contributed by atoms with van der Waals surface area (Å²) in [6.07, 6.45) is 6.75. The zero-order valence-corrected chi connectivity index (χ0v) is 18.5. The lowest BCUT2D eigenvalue weighted by molar-refractivity contribution is -0.00557. The fourth-order valence-corrected chi connectivity index (χ4v) is 5.49. The van der Waals surface area contributed by atoms with E-state index in [9.17, 15) is 5.11 Å². The van der Waals surface area contributed by atoms with E-state index in [2.05, 4.69) is 59.0 Å². The summed E-state index contributed by atoms with van der Waals surface area (Å²) in [6.45, 7) is 10.2. The SMILES string of the molecule is C[C@H]1CN2CCN(Cc3ccc(-n4ccnc4)cc3)CC2C[C@@]1(C)c1cccc(O)c1. The summed E-state index contributed by atoms with van der Waals surface area (Å²) in [6, 6.07) is 17.3. The van der Waals surface area contributed by atoms with Gasteiger partial charge in [0, 0.05) is 56.8 Å². The monoisotopic (exact) mass is 416 g/mol. The highest BCUT2D eigenvalue weighted by Crippen LogP contribution is 2.43. The number of fused-ring (bicyclic) bond motifs is 1. The quantitative estimate of drug-likeness (QED) is 0.697. The van der Waals surface area contributed by atoms with Crippen LogP contribution < -0.4 is 0 Å². The maximum absolute atomic E-state index is 10.0. The number of benzene rings is 2. The van der Waals surface area contributed by atoms with Crippen LogP contribution in [0.5, 0.6) is 5.75 Å². The zero-order chi connectivity index (χ0) is 21.4. The highest BCUT2D eigenvalue weighted by Gasteiger charge is 2.44. The third-order valence-corrected chi connectivity index (χ3v) is 7.60. The molecule has 2 fully saturated rings. The fourth-order valence-electron chi connectivity index (χ4n) is 5.49. The Labute approximate surface area is 185 Å². The molecule has 31 heavy (non-hydrogen) atoms. The third kappa shape index (κ3) is 4.00. The number of piperazine rings is 1. The molecule has 0 radical (unpaired) electrons. The first-order chi connectivity index (χ1) is 15.0. The van der Waals surface area contributed by atoms with E-state index in [1.165, 1.54) is 11.1 Å². The maximum atomic E-state index is 10.0. The second kappa shape index (κ2) is 8.13. The second-order valence-corrected chi connectivity index (χ2v) is 9.59. The van der Waals surface area contributed by atoms with E-state index in [1.54, 1.807) is 6.07 Å². The van der Waals surface area contributed by atoms with Crippen LogP contribution in [0.15, 0.2) is 67.3 Å². The Morgan fingerprint density at radius 2 is 1.94 bits per heavy atom. The Balaban J connectivity index is 1.28. The van der Waals surface area contributed by atoms with Crippen molar-refractivity contribution >= 4 is 0 Å². The van der Waals surface area contributed by atoms with Gasteiger partial charge in [-0.25, -0.2) is 4.98 Å². The van der Waals surface area contributed by atoms with Crippen LogP contribution in [0.4, 0.5) is 0 Å². The molecule has 0 aliphatic carbocycles. The van der Waals surface area contributed by atoms with Crippen molar-refractivity contribution in [1.29, 1.82) is 0 Å². The lowest BCUT2D eigenvalue weighted by atomic mass is 9.65. The second-order valence-electron chi connectivity index (χ2n) is 9.59. The molecule has 2 saturated heterocycles. The van der Waals surface area contributed by atoms with Gasteiger partial charge in [0.15, 0.2) is 0 Å². The molecule has 0 saturated carbocycles. The summed E-state index contributed by atoms with van der Waals surface area (Å²) in [5, 5.41) is 10.0. The predicted molar refractivity (Wildman–Crippen MR) is 123 cm³/mol.